The van der Waals surface area contributed by atoms with Crippen LogP contribution in [0.3, 0.4) is 0 Å². The van der Waals surface area contributed by atoms with Crippen molar-refractivity contribution >= 4 is 35.6 Å². The third-order valence-electron chi connectivity index (χ3n) is 4.51. The molecule has 1 rings (SSSR count). The summed E-state index contributed by atoms with van der Waals surface area (Å²) in [7, 11) is 0. The first-order chi connectivity index (χ1) is 15.4. The number of unbranched alkanes of at least 4 members (excludes halogenated alkanes) is 2. The van der Waals surface area contributed by atoms with Crippen LogP contribution in [0.2, 0.25) is 0 Å². The lowest BCUT2D eigenvalue weighted by atomic mass is 10.1. The van der Waals surface area contributed by atoms with E-state index in [4.69, 9.17) is 9.84 Å². The Morgan fingerprint density at radius 2 is 1.55 bits per heavy atom. The van der Waals surface area contributed by atoms with Crippen molar-refractivity contribution in [2.75, 3.05) is 13.1 Å². The Hall–Kier alpha value is -3.24. The molecule has 1 heterocycles. The third kappa shape index (κ3) is 11.8. The van der Waals surface area contributed by atoms with Gasteiger partial charge in [0.15, 0.2) is 0 Å². The second-order valence-electron chi connectivity index (χ2n) is 8.68. The molecule has 1 aliphatic heterocycles. The van der Waals surface area contributed by atoms with Crippen molar-refractivity contribution in [3.05, 3.63) is 12.2 Å². The van der Waals surface area contributed by atoms with Gasteiger partial charge < -0.3 is 20.5 Å². The zero-order chi connectivity index (χ0) is 25.0. The number of carboxylic acids is 1. The number of hydrogen-bond acceptors (Lipinski definition) is 7. The Morgan fingerprint density at radius 1 is 0.939 bits per heavy atom. The number of rotatable bonds is 14. The molecule has 0 fully saturated rings. The molecule has 0 aromatic rings. The molecule has 1 aliphatic rings. The van der Waals surface area contributed by atoms with Crippen molar-refractivity contribution in [1.29, 1.82) is 0 Å². The lowest BCUT2D eigenvalue weighted by molar-refractivity contribution is -0.158. The van der Waals surface area contributed by atoms with Crippen LogP contribution in [0, 0.1) is 0 Å². The normalized spacial score (nSPS) is 14.2. The smallest absolute Gasteiger partial charge is 0.331 e. The Kier molecular flexibility index (Phi) is 11.2. The Morgan fingerprint density at radius 3 is 2.12 bits per heavy atom. The lowest BCUT2D eigenvalue weighted by Gasteiger charge is -2.24. The number of aliphatic carboxylic acids is 1. The van der Waals surface area contributed by atoms with Crippen LogP contribution in [0.5, 0.6) is 0 Å². The first-order valence-electron chi connectivity index (χ1n) is 10.9. The van der Waals surface area contributed by atoms with Gasteiger partial charge in [0.1, 0.15) is 11.6 Å². The SMILES string of the molecule is CC(C)(C)OC(=O)C(CNC(=O)CCCCCN1C(=O)C=CC1=O)NC(=O)CCCC(=O)O. The number of ether oxygens (including phenoxy) is 1. The molecule has 0 saturated carbocycles. The number of esters is 1. The van der Waals surface area contributed by atoms with Crippen LogP contribution in [0.1, 0.15) is 65.7 Å². The Bertz CT molecular complexity index is 767. The molecule has 1 atom stereocenters. The molecule has 0 aliphatic carbocycles. The van der Waals surface area contributed by atoms with Crippen molar-refractivity contribution < 1.29 is 38.6 Å². The van der Waals surface area contributed by atoms with Crippen LogP contribution in [0.15, 0.2) is 12.2 Å². The predicted octanol–water partition coefficient (Wildman–Crippen LogP) is 0.669. The number of nitrogens with zero attached hydrogens (tertiary/aromatic N) is 1. The average molecular weight is 468 g/mol. The van der Waals surface area contributed by atoms with Gasteiger partial charge in [-0.05, 0) is 40.0 Å². The second kappa shape index (κ2) is 13.3. The molecule has 0 spiro atoms. The Balaban J connectivity index is 2.42. The molecule has 0 aromatic heterocycles. The van der Waals surface area contributed by atoms with Crippen LogP contribution in [-0.2, 0) is 33.5 Å². The van der Waals surface area contributed by atoms with Crippen molar-refractivity contribution in [2.45, 2.75) is 77.4 Å². The predicted molar refractivity (Wildman–Crippen MR) is 117 cm³/mol. The fraction of sp³-hybridized carbons (Fsp3) is 0.636. The van der Waals surface area contributed by atoms with Gasteiger partial charge in [-0.25, -0.2) is 4.79 Å². The second-order valence-corrected chi connectivity index (χ2v) is 8.68. The van der Waals surface area contributed by atoms with Crippen LogP contribution in [0.25, 0.3) is 0 Å². The van der Waals surface area contributed by atoms with E-state index in [-0.39, 0.29) is 49.9 Å². The molecular formula is C22H33N3O8. The van der Waals surface area contributed by atoms with Gasteiger partial charge in [-0.1, -0.05) is 6.42 Å². The van der Waals surface area contributed by atoms with E-state index >= 15 is 0 Å². The largest absolute Gasteiger partial charge is 0.481 e. The fourth-order valence-electron chi connectivity index (χ4n) is 2.92. The van der Waals surface area contributed by atoms with E-state index in [0.717, 1.165) is 4.90 Å². The number of nitrogens with one attached hydrogen (secondary N) is 2. The summed E-state index contributed by atoms with van der Waals surface area (Å²) in [6.07, 6.45) is 4.22. The molecule has 1 unspecified atom stereocenters. The maximum Gasteiger partial charge on any atom is 0.331 e. The van der Waals surface area contributed by atoms with Crippen molar-refractivity contribution in [1.82, 2.24) is 15.5 Å². The number of carboxylic acid groups (broad SMARTS) is 1. The van der Waals surface area contributed by atoms with Crippen molar-refractivity contribution in [3.8, 4) is 0 Å². The summed E-state index contributed by atoms with van der Waals surface area (Å²) in [5, 5.41) is 13.7. The minimum absolute atomic E-state index is 0.0723. The van der Waals surface area contributed by atoms with Crippen LogP contribution >= 0.6 is 0 Å². The highest BCUT2D eigenvalue weighted by Crippen LogP contribution is 2.10. The lowest BCUT2D eigenvalue weighted by Crippen LogP contribution is -2.50. The highest BCUT2D eigenvalue weighted by Gasteiger charge is 2.27. The number of carbonyl (C=O) groups excluding carboxylic acids is 5. The molecule has 33 heavy (non-hydrogen) atoms. The minimum atomic E-state index is -1.11. The van der Waals surface area contributed by atoms with E-state index in [1.165, 1.54) is 12.2 Å². The molecule has 11 heteroatoms. The quantitative estimate of drug-likeness (QED) is 0.191. The zero-order valence-corrected chi connectivity index (χ0v) is 19.3. The van der Waals surface area contributed by atoms with E-state index in [9.17, 15) is 28.8 Å². The van der Waals surface area contributed by atoms with Gasteiger partial charge in [0.25, 0.3) is 11.8 Å². The number of imide groups is 1. The minimum Gasteiger partial charge on any atom is -0.481 e. The van der Waals surface area contributed by atoms with Gasteiger partial charge in [-0.2, -0.15) is 0 Å². The van der Waals surface area contributed by atoms with Gasteiger partial charge >= 0.3 is 11.9 Å². The van der Waals surface area contributed by atoms with Gasteiger partial charge in [0.2, 0.25) is 11.8 Å². The molecule has 4 amide bonds. The summed E-state index contributed by atoms with van der Waals surface area (Å²) in [6, 6.07) is -1.11. The maximum absolute atomic E-state index is 12.4. The molecule has 11 nitrogen and oxygen atoms in total. The zero-order valence-electron chi connectivity index (χ0n) is 19.3. The van der Waals surface area contributed by atoms with E-state index in [2.05, 4.69) is 10.6 Å². The topological polar surface area (TPSA) is 159 Å². The number of carbonyl (C=O) groups is 6. The average Bonchev–Trinajstić information content (AvgIpc) is 3.01. The van der Waals surface area contributed by atoms with Crippen LogP contribution < -0.4 is 10.6 Å². The molecule has 0 radical (unpaired) electrons. The summed E-state index contributed by atoms with van der Waals surface area (Å²) in [6.45, 7) is 5.15. The summed E-state index contributed by atoms with van der Waals surface area (Å²) >= 11 is 0. The fourth-order valence-corrected chi connectivity index (χ4v) is 2.92. The van der Waals surface area contributed by atoms with Crippen molar-refractivity contribution in [2.24, 2.45) is 0 Å². The molecule has 0 aromatic carbocycles. The number of amides is 4. The highest BCUT2D eigenvalue weighted by atomic mass is 16.6. The van der Waals surface area contributed by atoms with E-state index in [1.807, 2.05) is 0 Å². The van der Waals surface area contributed by atoms with Gasteiger partial charge in [0, 0.05) is 44.5 Å². The van der Waals surface area contributed by atoms with E-state index in [1.54, 1.807) is 20.8 Å². The highest BCUT2D eigenvalue weighted by molar-refractivity contribution is 6.12. The van der Waals surface area contributed by atoms with Gasteiger partial charge in [-0.3, -0.25) is 28.9 Å². The molecule has 184 valence electrons. The Labute approximate surface area is 192 Å². The molecule has 3 N–H and O–H groups in total. The summed E-state index contributed by atoms with van der Waals surface area (Å²) in [4.78, 5) is 71.3. The van der Waals surface area contributed by atoms with Gasteiger partial charge in [0.05, 0.1) is 0 Å². The van der Waals surface area contributed by atoms with Gasteiger partial charge in [-0.15, -0.1) is 0 Å². The summed E-state index contributed by atoms with van der Waals surface area (Å²) in [5.41, 5.74) is -0.791. The number of hydrogen-bond donors (Lipinski definition) is 3. The molecule has 0 bridgehead atoms. The van der Waals surface area contributed by atoms with Crippen molar-refractivity contribution in [3.63, 3.8) is 0 Å². The standard InChI is InChI=1S/C22H33N3O8/c1-22(2,3)33-21(32)15(24-17(27)9-7-10-20(30)31)14-23-16(26)8-5-4-6-13-25-18(28)11-12-19(25)29/h11-12,15H,4-10,13-14H2,1-3H3,(H,23,26)(H,24,27)(H,30,31). The maximum atomic E-state index is 12.4. The summed E-state index contributed by atoms with van der Waals surface area (Å²) < 4.78 is 5.29. The first-order valence-corrected chi connectivity index (χ1v) is 10.9. The van der Waals surface area contributed by atoms with Crippen LogP contribution in [0.4, 0.5) is 0 Å². The monoisotopic (exact) mass is 467 g/mol. The molecule has 0 saturated heterocycles. The van der Waals surface area contributed by atoms with E-state index < -0.39 is 29.5 Å². The first kappa shape index (κ1) is 27.8. The van der Waals surface area contributed by atoms with Crippen LogP contribution in [-0.4, -0.2) is 70.3 Å². The third-order valence-corrected chi connectivity index (χ3v) is 4.51. The van der Waals surface area contributed by atoms with E-state index in [0.29, 0.717) is 25.8 Å². The summed E-state index contributed by atoms with van der Waals surface area (Å²) in [5.74, 6) is -3.23. The molecular weight excluding hydrogens is 434 g/mol.